The second kappa shape index (κ2) is 4.59. The molecule has 1 fully saturated rings. The maximum atomic E-state index is 11.8. The van der Waals surface area contributed by atoms with Gasteiger partial charge in [-0.2, -0.15) is 0 Å². The molecule has 2 atom stereocenters. The van der Waals surface area contributed by atoms with Crippen LogP contribution in [0.5, 0.6) is 0 Å². The van der Waals surface area contributed by atoms with Gasteiger partial charge in [0.05, 0.1) is 6.42 Å². The molecule has 0 saturated carbocycles. The van der Waals surface area contributed by atoms with Crippen LogP contribution in [-0.4, -0.2) is 25.5 Å². The standard InChI is InChI=1S/C17H24N2O/c1-11-7-14(10-18-11)17(2,3)13-5-6-15-12(8-13)9-16(20)19(15)4/h5-6,8,11,14,18H,7,9-10H2,1-4H3. The third-order valence-electron chi connectivity index (χ3n) is 5.27. The van der Waals surface area contributed by atoms with Crippen LogP contribution in [0.15, 0.2) is 18.2 Å². The molecule has 20 heavy (non-hydrogen) atoms. The van der Waals surface area contributed by atoms with E-state index in [4.69, 9.17) is 0 Å². The van der Waals surface area contributed by atoms with Crippen molar-refractivity contribution in [1.82, 2.24) is 5.32 Å². The average Bonchev–Trinajstić information content (AvgIpc) is 2.95. The first-order chi connectivity index (χ1) is 9.39. The van der Waals surface area contributed by atoms with E-state index in [1.807, 2.05) is 7.05 Å². The molecule has 2 heterocycles. The van der Waals surface area contributed by atoms with Crippen molar-refractivity contribution in [3.05, 3.63) is 29.3 Å². The summed E-state index contributed by atoms with van der Waals surface area (Å²) in [6, 6.07) is 7.18. The Labute approximate surface area is 121 Å². The van der Waals surface area contributed by atoms with Crippen molar-refractivity contribution in [2.45, 2.75) is 45.1 Å². The molecule has 1 N–H and O–H groups in total. The Morgan fingerprint density at radius 1 is 1.35 bits per heavy atom. The second-order valence-corrected chi connectivity index (χ2v) is 6.94. The van der Waals surface area contributed by atoms with Gasteiger partial charge in [0.25, 0.3) is 0 Å². The summed E-state index contributed by atoms with van der Waals surface area (Å²) in [6.07, 6.45) is 1.78. The number of anilines is 1. The summed E-state index contributed by atoms with van der Waals surface area (Å²) >= 11 is 0. The molecule has 0 bridgehead atoms. The lowest BCUT2D eigenvalue weighted by Crippen LogP contribution is -2.30. The van der Waals surface area contributed by atoms with E-state index in [0.717, 1.165) is 12.2 Å². The van der Waals surface area contributed by atoms with E-state index in [1.54, 1.807) is 4.90 Å². The molecule has 3 nitrogen and oxygen atoms in total. The van der Waals surface area contributed by atoms with Crippen LogP contribution in [0, 0.1) is 5.92 Å². The number of nitrogens with one attached hydrogen (secondary N) is 1. The molecule has 0 spiro atoms. The highest BCUT2D eigenvalue weighted by Crippen LogP contribution is 2.39. The van der Waals surface area contributed by atoms with E-state index < -0.39 is 0 Å². The van der Waals surface area contributed by atoms with Crippen LogP contribution >= 0.6 is 0 Å². The largest absolute Gasteiger partial charge is 0.315 e. The van der Waals surface area contributed by atoms with E-state index in [1.165, 1.54) is 17.5 Å². The lowest BCUT2D eigenvalue weighted by Gasteiger charge is -2.32. The number of hydrogen-bond donors (Lipinski definition) is 1. The van der Waals surface area contributed by atoms with Crippen molar-refractivity contribution in [3.8, 4) is 0 Å². The predicted molar refractivity (Wildman–Crippen MR) is 82.2 cm³/mol. The topological polar surface area (TPSA) is 32.3 Å². The Kier molecular flexibility index (Phi) is 3.13. The van der Waals surface area contributed by atoms with Gasteiger partial charge in [-0.15, -0.1) is 0 Å². The molecule has 0 aromatic heterocycles. The predicted octanol–water partition coefficient (Wildman–Crippen LogP) is 2.48. The van der Waals surface area contributed by atoms with Gasteiger partial charge >= 0.3 is 0 Å². The second-order valence-electron chi connectivity index (χ2n) is 6.94. The number of hydrogen-bond acceptors (Lipinski definition) is 2. The minimum Gasteiger partial charge on any atom is -0.315 e. The van der Waals surface area contributed by atoms with E-state index in [2.05, 4.69) is 44.3 Å². The van der Waals surface area contributed by atoms with Gasteiger partial charge in [0.2, 0.25) is 5.91 Å². The van der Waals surface area contributed by atoms with Crippen molar-refractivity contribution in [2.75, 3.05) is 18.5 Å². The number of amides is 1. The average molecular weight is 272 g/mol. The minimum atomic E-state index is 0.150. The maximum absolute atomic E-state index is 11.8. The van der Waals surface area contributed by atoms with Gasteiger partial charge in [0.15, 0.2) is 0 Å². The zero-order valence-corrected chi connectivity index (χ0v) is 12.9. The van der Waals surface area contributed by atoms with Crippen molar-refractivity contribution >= 4 is 11.6 Å². The summed E-state index contributed by atoms with van der Waals surface area (Å²) < 4.78 is 0. The van der Waals surface area contributed by atoms with Gasteiger partial charge in [-0.3, -0.25) is 4.79 Å². The molecule has 108 valence electrons. The van der Waals surface area contributed by atoms with E-state index >= 15 is 0 Å². The van der Waals surface area contributed by atoms with Crippen molar-refractivity contribution in [1.29, 1.82) is 0 Å². The zero-order valence-electron chi connectivity index (χ0n) is 12.9. The first-order valence-electron chi connectivity index (χ1n) is 7.53. The highest BCUT2D eigenvalue weighted by Gasteiger charge is 2.36. The quantitative estimate of drug-likeness (QED) is 0.897. The fraction of sp³-hybridized carbons (Fsp3) is 0.588. The summed E-state index contributed by atoms with van der Waals surface area (Å²) in [5.41, 5.74) is 3.77. The summed E-state index contributed by atoms with van der Waals surface area (Å²) in [7, 11) is 1.86. The molecule has 2 aliphatic heterocycles. The van der Waals surface area contributed by atoms with Crippen LogP contribution in [-0.2, 0) is 16.6 Å². The van der Waals surface area contributed by atoms with Crippen LogP contribution in [0.3, 0.4) is 0 Å². The molecule has 1 aromatic carbocycles. The number of rotatable bonds is 2. The van der Waals surface area contributed by atoms with Crippen LogP contribution in [0.25, 0.3) is 0 Å². The molecule has 0 aliphatic carbocycles. The Balaban J connectivity index is 1.92. The third kappa shape index (κ3) is 2.05. The van der Waals surface area contributed by atoms with Crippen LogP contribution in [0.1, 0.15) is 38.3 Å². The van der Waals surface area contributed by atoms with Crippen LogP contribution < -0.4 is 10.2 Å². The molecule has 1 aromatic rings. The van der Waals surface area contributed by atoms with Gasteiger partial charge < -0.3 is 10.2 Å². The molecular formula is C17H24N2O. The molecular weight excluding hydrogens is 248 g/mol. The fourth-order valence-corrected chi connectivity index (χ4v) is 3.59. The maximum Gasteiger partial charge on any atom is 0.231 e. The molecule has 0 radical (unpaired) electrons. The van der Waals surface area contributed by atoms with Gasteiger partial charge in [-0.1, -0.05) is 26.0 Å². The first kappa shape index (κ1) is 13.6. The summed E-state index contributed by atoms with van der Waals surface area (Å²) in [5, 5.41) is 3.55. The summed E-state index contributed by atoms with van der Waals surface area (Å²) in [6.45, 7) is 8.01. The number of nitrogens with zero attached hydrogens (tertiary/aromatic N) is 1. The fourth-order valence-electron chi connectivity index (χ4n) is 3.59. The zero-order chi connectivity index (χ0) is 14.5. The number of benzene rings is 1. The Morgan fingerprint density at radius 3 is 2.75 bits per heavy atom. The monoisotopic (exact) mass is 272 g/mol. The molecule has 1 amide bonds. The molecule has 1 saturated heterocycles. The summed E-state index contributed by atoms with van der Waals surface area (Å²) in [5.74, 6) is 0.858. The molecule has 2 unspecified atom stereocenters. The van der Waals surface area contributed by atoms with E-state index in [-0.39, 0.29) is 11.3 Å². The van der Waals surface area contributed by atoms with Crippen molar-refractivity contribution in [3.63, 3.8) is 0 Å². The van der Waals surface area contributed by atoms with Crippen molar-refractivity contribution in [2.24, 2.45) is 5.92 Å². The minimum absolute atomic E-state index is 0.150. The number of carbonyl (C=O) groups is 1. The third-order valence-corrected chi connectivity index (χ3v) is 5.27. The van der Waals surface area contributed by atoms with Gasteiger partial charge in [0, 0.05) is 18.8 Å². The number of fused-ring (bicyclic) bond motifs is 1. The van der Waals surface area contributed by atoms with Crippen molar-refractivity contribution < 1.29 is 4.79 Å². The number of likely N-dealkylation sites (N-methyl/N-ethyl adjacent to an activating group) is 1. The normalized spacial score (nSPS) is 26.2. The molecule has 3 rings (SSSR count). The first-order valence-corrected chi connectivity index (χ1v) is 7.53. The SMILES string of the molecule is CC1CC(C(C)(C)c2ccc3c(c2)CC(=O)N3C)CN1. The van der Waals surface area contributed by atoms with Gasteiger partial charge in [-0.05, 0) is 48.4 Å². The van der Waals surface area contributed by atoms with E-state index in [9.17, 15) is 4.79 Å². The lowest BCUT2D eigenvalue weighted by molar-refractivity contribution is -0.117. The highest BCUT2D eigenvalue weighted by molar-refractivity contribution is 6.00. The Hall–Kier alpha value is -1.35. The summed E-state index contributed by atoms with van der Waals surface area (Å²) in [4.78, 5) is 13.6. The highest BCUT2D eigenvalue weighted by atomic mass is 16.2. The van der Waals surface area contributed by atoms with Crippen LogP contribution in [0.4, 0.5) is 5.69 Å². The molecule has 2 aliphatic rings. The smallest absolute Gasteiger partial charge is 0.231 e. The lowest BCUT2D eigenvalue weighted by atomic mass is 9.72. The van der Waals surface area contributed by atoms with Gasteiger partial charge in [-0.25, -0.2) is 0 Å². The van der Waals surface area contributed by atoms with Crippen LogP contribution in [0.2, 0.25) is 0 Å². The Morgan fingerprint density at radius 2 is 2.10 bits per heavy atom. The van der Waals surface area contributed by atoms with E-state index in [0.29, 0.717) is 18.4 Å². The Bertz CT molecular complexity index is 550. The molecule has 3 heteroatoms. The van der Waals surface area contributed by atoms with Gasteiger partial charge in [0.1, 0.15) is 0 Å². The number of carbonyl (C=O) groups excluding carboxylic acids is 1.